The lowest BCUT2D eigenvalue weighted by atomic mass is 9.89. The van der Waals surface area contributed by atoms with Crippen molar-refractivity contribution in [3.8, 4) is 0 Å². The Morgan fingerprint density at radius 3 is 2.00 bits per heavy atom. The second-order valence-electron chi connectivity index (χ2n) is 4.64. The van der Waals surface area contributed by atoms with Gasteiger partial charge in [0.2, 0.25) is 0 Å². The molecule has 0 rings (SSSR count). The third kappa shape index (κ3) is 6.03. The first kappa shape index (κ1) is 16.9. The van der Waals surface area contributed by atoms with Crippen LogP contribution >= 0.6 is 0 Å². The van der Waals surface area contributed by atoms with Crippen molar-refractivity contribution in [2.45, 2.75) is 52.4 Å². The number of hydrogen-bond acceptors (Lipinski definition) is 4. The highest BCUT2D eigenvalue weighted by atomic mass is 16.5. The van der Waals surface area contributed by atoms with Crippen molar-refractivity contribution >= 4 is 11.9 Å². The normalized spacial score (nSPS) is 13.8. The maximum Gasteiger partial charge on any atom is 0.309 e. The Morgan fingerprint density at radius 1 is 0.944 bits per heavy atom. The standard InChI is InChI=1S/C14H26O4/c1-5-6-7-8-9-10-12(14(16)18-4)11(2)13(15)17-3/h11-12H,5-10H2,1-4H3. The molecular formula is C14H26O4. The number of hydrogen-bond donors (Lipinski definition) is 0. The summed E-state index contributed by atoms with van der Waals surface area (Å²) in [6.45, 7) is 3.88. The van der Waals surface area contributed by atoms with Crippen LogP contribution in [0.1, 0.15) is 52.4 Å². The molecule has 0 bridgehead atoms. The molecule has 0 heterocycles. The van der Waals surface area contributed by atoms with Gasteiger partial charge in [0.25, 0.3) is 0 Å². The molecule has 0 spiro atoms. The van der Waals surface area contributed by atoms with Gasteiger partial charge in [-0.3, -0.25) is 9.59 Å². The maximum atomic E-state index is 11.7. The molecule has 18 heavy (non-hydrogen) atoms. The van der Waals surface area contributed by atoms with Gasteiger partial charge in [-0.1, -0.05) is 46.0 Å². The highest BCUT2D eigenvalue weighted by Crippen LogP contribution is 2.22. The van der Waals surface area contributed by atoms with Gasteiger partial charge < -0.3 is 9.47 Å². The lowest BCUT2D eigenvalue weighted by molar-refractivity contribution is -0.157. The number of unbranched alkanes of at least 4 members (excludes halogenated alkanes) is 4. The Bertz CT molecular complexity index is 250. The second-order valence-corrected chi connectivity index (χ2v) is 4.64. The van der Waals surface area contributed by atoms with Crippen molar-refractivity contribution in [2.24, 2.45) is 11.8 Å². The molecule has 0 N–H and O–H groups in total. The summed E-state index contributed by atoms with van der Waals surface area (Å²) < 4.78 is 9.45. The molecule has 0 fully saturated rings. The minimum Gasteiger partial charge on any atom is -0.469 e. The number of rotatable bonds is 9. The van der Waals surface area contributed by atoms with E-state index in [9.17, 15) is 9.59 Å². The summed E-state index contributed by atoms with van der Waals surface area (Å²) in [5.41, 5.74) is 0. The molecule has 0 aromatic rings. The van der Waals surface area contributed by atoms with Gasteiger partial charge in [-0.2, -0.15) is 0 Å². The van der Waals surface area contributed by atoms with Crippen molar-refractivity contribution in [2.75, 3.05) is 14.2 Å². The Hall–Kier alpha value is -1.06. The Kier molecular flexibility index (Phi) is 9.33. The molecule has 106 valence electrons. The summed E-state index contributed by atoms with van der Waals surface area (Å²) in [5.74, 6) is -1.49. The van der Waals surface area contributed by atoms with Crippen molar-refractivity contribution in [1.29, 1.82) is 0 Å². The number of ether oxygens (including phenoxy) is 2. The zero-order valence-corrected chi connectivity index (χ0v) is 12.0. The minimum absolute atomic E-state index is 0.316. The van der Waals surface area contributed by atoms with E-state index in [1.807, 2.05) is 0 Å². The second kappa shape index (κ2) is 9.92. The third-order valence-electron chi connectivity index (χ3n) is 3.30. The van der Waals surface area contributed by atoms with Crippen LogP contribution in [0.5, 0.6) is 0 Å². The predicted octanol–water partition coefficient (Wildman–Crippen LogP) is 2.95. The van der Waals surface area contributed by atoms with E-state index in [-0.39, 0.29) is 17.9 Å². The van der Waals surface area contributed by atoms with E-state index in [1.165, 1.54) is 33.5 Å². The van der Waals surface area contributed by atoms with E-state index in [1.54, 1.807) is 6.92 Å². The molecule has 2 atom stereocenters. The van der Waals surface area contributed by atoms with Gasteiger partial charge in [0.15, 0.2) is 0 Å². The van der Waals surface area contributed by atoms with Crippen molar-refractivity contribution < 1.29 is 19.1 Å². The smallest absolute Gasteiger partial charge is 0.309 e. The van der Waals surface area contributed by atoms with Crippen LogP contribution in [-0.2, 0) is 19.1 Å². The lowest BCUT2D eigenvalue weighted by Crippen LogP contribution is -2.29. The summed E-state index contributed by atoms with van der Waals surface area (Å²) in [6, 6.07) is 0. The van der Waals surface area contributed by atoms with Gasteiger partial charge >= 0.3 is 11.9 Å². The molecule has 0 radical (unpaired) electrons. The number of carbonyl (C=O) groups excluding carboxylic acids is 2. The topological polar surface area (TPSA) is 52.6 Å². The van der Waals surface area contributed by atoms with Crippen LogP contribution in [0.15, 0.2) is 0 Å². The van der Waals surface area contributed by atoms with Crippen LogP contribution in [0.3, 0.4) is 0 Å². The first-order chi connectivity index (χ1) is 8.58. The molecule has 4 nitrogen and oxygen atoms in total. The van der Waals surface area contributed by atoms with Gasteiger partial charge in [0.05, 0.1) is 26.1 Å². The molecule has 0 aromatic heterocycles. The molecule has 0 aromatic carbocycles. The number of carbonyl (C=O) groups is 2. The van der Waals surface area contributed by atoms with Crippen LogP contribution < -0.4 is 0 Å². The summed E-state index contributed by atoms with van der Waals surface area (Å²) in [5, 5.41) is 0. The van der Waals surface area contributed by atoms with Crippen LogP contribution in [0.2, 0.25) is 0 Å². The number of esters is 2. The molecule has 4 heteroatoms. The van der Waals surface area contributed by atoms with Gasteiger partial charge in [0.1, 0.15) is 0 Å². The molecule has 0 saturated carbocycles. The van der Waals surface area contributed by atoms with E-state index < -0.39 is 5.92 Å². The van der Waals surface area contributed by atoms with Crippen molar-refractivity contribution in [3.05, 3.63) is 0 Å². The molecule has 0 aliphatic carbocycles. The van der Waals surface area contributed by atoms with E-state index >= 15 is 0 Å². The van der Waals surface area contributed by atoms with E-state index in [0.29, 0.717) is 6.42 Å². The molecule has 2 unspecified atom stereocenters. The molecular weight excluding hydrogens is 232 g/mol. The van der Waals surface area contributed by atoms with Gasteiger partial charge in [-0.15, -0.1) is 0 Å². The first-order valence-corrected chi connectivity index (χ1v) is 6.74. The highest BCUT2D eigenvalue weighted by molar-refractivity contribution is 5.81. The predicted molar refractivity (Wildman–Crippen MR) is 70.1 cm³/mol. The largest absolute Gasteiger partial charge is 0.469 e. The summed E-state index contributed by atoms with van der Waals surface area (Å²) in [6.07, 6.45) is 6.31. The van der Waals surface area contributed by atoms with E-state index in [4.69, 9.17) is 4.74 Å². The summed E-state index contributed by atoms with van der Waals surface area (Å²) in [7, 11) is 2.70. The lowest BCUT2D eigenvalue weighted by Gasteiger charge is -2.19. The Labute approximate surface area is 110 Å². The first-order valence-electron chi connectivity index (χ1n) is 6.74. The zero-order chi connectivity index (χ0) is 14.0. The van der Waals surface area contributed by atoms with Crippen LogP contribution in [0.25, 0.3) is 0 Å². The minimum atomic E-state index is -0.436. The quantitative estimate of drug-likeness (QED) is 0.471. The molecule has 0 saturated heterocycles. The third-order valence-corrected chi connectivity index (χ3v) is 3.30. The maximum absolute atomic E-state index is 11.7. The average Bonchev–Trinajstić information content (AvgIpc) is 2.40. The van der Waals surface area contributed by atoms with E-state index in [2.05, 4.69) is 11.7 Å². The van der Waals surface area contributed by atoms with Crippen LogP contribution in [0, 0.1) is 11.8 Å². The SMILES string of the molecule is CCCCCCCC(C(=O)OC)C(C)C(=O)OC. The Balaban J connectivity index is 4.24. The zero-order valence-electron chi connectivity index (χ0n) is 12.0. The molecule has 0 amide bonds. The Morgan fingerprint density at radius 2 is 1.50 bits per heavy atom. The van der Waals surface area contributed by atoms with Crippen molar-refractivity contribution in [1.82, 2.24) is 0 Å². The van der Waals surface area contributed by atoms with Crippen molar-refractivity contribution in [3.63, 3.8) is 0 Å². The number of methoxy groups -OCH3 is 2. The monoisotopic (exact) mass is 258 g/mol. The fourth-order valence-corrected chi connectivity index (χ4v) is 2.04. The van der Waals surface area contributed by atoms with Gasteiger partial charge in [-0.25, -0.2) is 0 Å². The average molecular weight is 258 g/mol. The molecule has 0 aliphatic heterocycles. The van der Waals surface area contributed by atoms with Crippen LogP contribution in [0.4, 0.5) is 0 Å². The van der Waals surface area contributed by atoms with Crippen LogP contribution in [-0.4, -0.2) is 26.2 Å². The highest BCUT2D eigenvalue weighted by Gasteiger charge is 2.31. The summed E-state index contributed by atoms with van der Waals surface area (Å²) in [4.78, 5) is 23.1. The fraction of sp³-hybridized carbons (Fsp3) is 0.857. The fourth-order valence-electron chi connectivity index (χ4n) is 2.04. The molecule has 0 aliphatic rings. The van der Waals surface area contributed by atoms with Gasteiger partial charge in [-0.05, 0) is 6.42 Å². The van der Waals surface area contributed by atoms with E-state index in [0.717, 1.165) is 12.8 Å². The van der Waals surface area contributed by atoms with Gasteiger partial charge in [0, 0.05) is 0 Å². The summed E-state index contributed by atoms with van der Waals surface area (Å²) >= 11 is 0.